The van der Waals surface area contributed by atoms with Crippen LogP contribution in [0.1, 0.15) is 16.7 Å². The maximum atomic E-state index is 13.4. The first kappa shape index (κ1) is 20.6. The van der Waals surface area contributed by atoms with Crippen LogP contribution < -0.4 is 10.1 Å². The maximum absolute atomic E-state index is 13.4. The number of hydrogen-bond acceptors (Lipinski definition) is 5. The van der Waals surface area contributed by atoms with Gasteiger partial charge in [-0.15, -0.1) is 0 Å². The monoisotopic (exact) mass is 433 g/mol. The minimum Gasteiger partial charge on any atom is -0.496 e. The van der Waals surface area contributed by atoms with Crippen LogP contribution in [0, 0.1) is 6.92 Å². The second-order valence-corrected chi connectivity index (χ2v) is 7.53. The van der Waals surface area contributed by atoms with Crippen LogP contribution in [0.3, 0.4) is 0 Å². The predicted molar refractivity (Wildman–Crippen MR) is 120 cm³/mol. The van der Waals surface area contributed by atoms with E-state index in [1.165, 1.54) is 12.0 Å². The number of carbonyl (C=O) groups is 2. The highest BCUT2D eigenvalue weighted by Gasteiger charge is 2.40. The van der Waals surface area contributed by atoms with E-state index in [0.29, 0.717) is 22.0 Å². The van der Waals surface area contributed by atoms with Gasteiger partial charge in [0.15, 0.2) is 0 Å². The number of para-hydroxylation sites is 1. The predicted octanol–water partition coefficient (Wildman–Crippen LogP) is 4.44. The molecule has 0 saturated heterocycles. The molecule has 2 heterocycles. The average molecular weight is 434 g/mol. The van der Waals surface area contributed by atoms with Gasteiger partial charge in [0.1, 0.15) is 11.4 Å². The number of nitrogens with one attached hydrogen (secondary N) is 1. The van der Waals surface area contributed by atoms with Crippen molar-refractivity contribution in [3.05, 3.63) is 94.4 Å². The molecular weight excluding hydrogens is 414 g/mol. The molecule has 2 amide bonds. The summed E-state index contributed by atoms with van der Waals surface area (Å²) in [7, 11) is 1.53. The number of aryl methyl sites for hydroxylation is 1. The van der Waals surface area contributed by atoms with Crippen molar-refractivity contribution in [2.75, 3.05) is 12.4 Å². The molecule has 31 heavy (non-hydrogen) atoms. The van der Waals surface area contributed by atoms with Crippen molar-refractivity contribution >= 4 is 34.7 Å². The van der Waals surface area contributed by atoms with Gasteiger partial charge in [-0.2, -0.15) is 0 Å². The third-order valence-electron chi connectivity index (χ3n) is 5.07. The minimum atomic E-state index is -0.422. The van der Waals surface area contributed by atoms with E-state index < -0.39 is 11.8 Å². The van der Waals surface area contributed by atoms with Crippen molar-refractivity contribution < 1.29 is 14.3 Å². The van der Waals surface area contributed by atoms with Gasteiger partial charge in [-0.25, -0.2) is 0 Å². The van der Waals surface area contributed by atoms with Gasteiger partial charge in [-0.3, -0.25) is 19.5 Å². The molecule has 7 heteroatoms. The fourth-order valence-electron chi connectivity index (χ4n) is 3.47. The molecule has 0 radical (unpaired) electrons. The number of aromatic nitrogens is 1. The lowest BCUT2D eigenvalue weighted by Gasteiger charge is -2.15. The molecular formula is C24H20ClN3O3. The van der Waals surface area contributed by atoms with Crippen molar-refractivity contribution in [3.63, 3.8) is 0 Å². The van der Waals surface area contributed by atoms with Crippen LogP contribution in [-0.2, 0) is 16.1 Å². The molecule has 4 rings (SSSR count). The number of nitrogens with zero attached hydrogens (tertiary/aromatic N) is 2. The largest absolute Gasteiger partial charge is 0.496 e. The number of halogens is 1. The second-order valence-electron chi connectivity index (χ2n) is 7.09. The van der Waals surface area contributed by atoms with Gasteiger partial charge in [0.05, 0.1) is 19.2 Å². The number of ether oxygens (including phenoxy) is 1. The number of methoxy groups -OCH3 is 1. The molecule has 3 aromatic rings. The van der Waals surface area contributed by atoms with Crippen LogP contribution in [0.2, 0.25) is 5.02 Å². The summed E-state index contributed by atoms with van der Waals surface area (Å²) in [5.74, 6) is -0.321. The highest BCUT2D eigenvalue weighted by atomic mass is 35.5. The molecule has 0 fully saturated rings. The minimum absolute atomic E-state index is 0.115. The normalized spacial score (nSPS) is 13.7. The standard InChI is InChI=1S/C24H20ClN3O3/c1-15-9-10-17(25)12-19(15)27-22-21(18-7-3-4-8-20(18)31-2)23(29)28(24(22)30)14-16-6-5-11-26-13-16/h3-13,27H,14H2,1-2H3. The van der Waals surface area contributed by atoms with E-state index in [1.807, 2.05) is 25.1 Å². The second kappa shape index (κ2) is 8.62. The van der Waals surface area contributed by atoms with Crippen molar-refractivity contribution in [1.29, 1.82) is 0 Å². The van der Waals surface area contributed by atoms with Crippen molar-refractivity contribution in [2.45, 2.75) is 13.5 Å². The van der Waals surface area contributed by atoms with E-state index in [0.717, 1.165) is 11.1 Å². The molecule has 0 bridgehead atoms. The Kier molecular flexibility index (Phi) is 5.73. The summed E-state index contributed by atoms with van der Waals surface area (Å²) < 4.78 is 5.46. The van der Waals surface area contributed by atoms with Crippen LogP contribution in [-0.4, -0.2) is 28.8 Å². The number of benzene rings is 2. The van der Waals surface area contributed by atoms with Gasteiger partial charge in [0, 0.05) is 28.7 Å². The van der Waals surface area contributed by atoms with E-state index in [1.54, 1.807) is 48.8 Å². The summed E-state index contributed by atoms with van der Waals surface area (Å²) in [6.07, 6.45) is 3.28. The summed E-state index contributed by atoms with van der Waals surface area (Å²) >= 11 is 6.16. The topological polar surface area (TPSA) is 71.5 Å². The molecule has 156 valence electrons. The Morgan fingerprint density at radius 3 is 2.61 bits per heavy atom. The molecule has 0 atom stereocenters. The molecule has 0 aliphatic carbocycles. The molecule has 1 N–H and O–H groups in total. The van der Waals surface area contributed by atoms with Gasteiger partial charge < -0.3 is 10.1 Å². The number of hydrogen-bond donors (Lipinski definition) is 1. The van der Waals surface area contributed by atoms with E-state index in [-0.39, 0.29) is 17.8 Å². The molecule has 1 aromatic heterocycles. The van der Waals surface area contributed by atoms with Crippen molar-refractivity contribution in [3.8, 4) is 5.75 Å². The van der Waals surface area contributed by atoms with E-state index in [4.69, 9.17) is 16.3 Å². The zero-order chi connectivity index (χ0) is 22.0. The van der Waals surface area contributed by atoms with E-state index in [2.05, 4.69) is 10.3 Å². The molecule has 1 aliphatic rings. The lowest BCUT2D eigenvalue weighted by molar-refractivity contribution is -0.137. The summed E-state index contributed by atoms with van der Waals surface area (Å²) in [5, 5.41) is 3.68. The third kappa shape index (κ3) is 4.02. The summed E-state index contributed by atoms with van der Waals surface area (Å²) in [6, 6.07) is 16.1. The van der Waals surface area contributed by atoms with Crippen molar-refractivity contribution in [1.82, 2.24) is 9.88 Å². The van der Waals surface area contributed by atoms with Crippen LogP contribution >= 0.6 is 11.6 Å². The zero-order valence-corrected chi connectivity index (χ0v) is 17.8. The summed E-state index contributed by atoms with van der Waals surface area (Å²) in [4.78, 5) is 32.1. The first-order valence-corrected chi connectivity index (χ1v) is 10.0. The van der Waals surface area contributed by atoms with Crippen LogP contribution in [0.15, 0.2) is 72.7 Å². The summed E-state index contributed by atoms with van der Waals surface area (Å²) in [6.45, 7) is 2.01. The highest BCUT2D eigenvalue weighted by Crippen LogP contribution is 2.36. The Balaban J connectivity index is 1.82. The zero-order valence-electron chi connectivity index (χ0n) is 17.1. The lowest BCUT2D eigenvalue weighted by Crippen LogP contribution is -2.32. The molecule has 0 spiro atoms. The fraction of sp³-hybridized carbons (Fsp3) is 0.125. The van der Waals surface area contributed by atoms with E-state index >= 15 is 0 Å². The van der Waals surface area contributed by atoms with Gasteiger partial charge in [-0.1, -0.05) is 41.9 Å². The van der Waals surface area contributed by atoms with Gasteiger partial charge >= 0.3 is 0 Å². The fourth-order valence-corrected chi connectivity index (χ4v) is 3.65. The third-order valence-corrected chi connectivity index (χ3v) is 5.30. The van der Waals surface area contributed by atoms with Gasteiger partial charge in [0.25, 0.3) is 11.8 Å². The number of imide groups is 1. The Morgan fingerprint density at radius 1 is 1.06 bits per heavy atom. The molecule has 2 aromatic carbocycles. The Labute approximate surface area is 185 Å². The molecule has 0 unspecified atom stereocenters. The molecule has 6 nitrogen and oxygen atoms in total. The number of amides is 2. The number of carbonyl (C=O) groups excluding carboxylic acids is 2. The summed E-state index contributed by atoms with van der Waals surface area (Å²) in [5.41, 5.74) is 3.28. The van der Waals surface area contributed by atoms with E-state index in [9.17, 15) is 9.59 Å². The number of anilines is 1. The SMILES string of the molecule is COc1ccccc1C1=C(Nc2cc(Cl)ccc2C)C(=O)N(Cc2cccnc2)C1=O. The van der Waals surface area contributed by atoms with Gasteiger partial charge in [-0.05, 0) is 42.3 Å². The smallest absolute Gasteiger partial charge is 0.278 e. The van der Waals surface area contributed by atoms with Gasteiger partial charge in [0.2, 0.25) is 0 Å². The maximum Gasteiger partial charge on any atom is 0.278 e. The first-order valence-electron chi connectivity index (χ1n) is 9.65. The Bertz CT molecular complexity index is 1190. The Hall–Kier alpha value is -3.64. The number of pyridine rings is 1. The van der Waals surface area contributed by atoms with Crippen LogP contribution in [0.4, 0.5) is 5.69 Å². The van der Waals surface area contributed by atoms with Crippen LogP contribution in [0.25, 0.3) is 5.57 Å². The van der Waals surface area contributed by atoms with Crippen molar-refractivity contribution in [2.24, 2.45) is 0 Å². The first-order chi connectivity index (χ1) is 15.0. The highest BCUT2D eigenvalue weighted by molar-refractivity contribution is 6.37. The molecule has 0 saturated carbocycles. The Morgan fingerprint density at radius 2 is 1.87 bits per heavy atom. The molecule has 1 aliphatic heterocycles. The quantitative estimate of drug-likeness (QED) is 0.582. The number of rotatable bonds is 6. The van der Waals surface area contributed by atoms with Crippen LogP contribution in [0.5, 0.6) is 5.75 Å². The lowest BCUT2D eigenvalue weighted by atomic mass is 10.0. The average Bonchev–Trinajstić information content (AvgIpc) is 3.01.